The van der Waals surface area contributed by atoms with Crippen LogP contribution in [0.3, 0.4) is 0 Å². The monoisotopic (exact) mass is 401 g/mol. The number of anilines is 1. The third-order valence-corrected chi connectivity index (χ3v) is 5.01. The molecule has 0 spiro atoms. The van der Waals surface area contributed by atoms with Crippen LogP contribution in [0.2, 0.25) is 0 Å². The molecule has 2 aromatic heterocycles. The van der Waals surface area contributed by atoms with Gasteiger partial charge in [-0.05, 0) is 56.0 Å². The Morgan fingerprint density at radius 3 is 2.57 bits per heavy atom. The Morgan fingerprint density at radius 2 is 1.83 bits per heavy atom. The number of nitriles is 1. The molecule has 0 amide bonds. The molecule has 0 saturated carbocycles. The van der Waals surface area contributed by atoms with Crippen LogP contribution in [0.25, 0.3) is 11.4 Å². The summed E-state index contributed by atoms with van der Waals surface area (Å²) in [7, 11) is 0. The van der Waals surface area contributed by atoms with E-state index in [-0.39, 0.29) is 0 Å². The van der Waals surface area contributed by atoms with E-state index in [0.29, 0.717) is 35.1 Å². The Labute approximate surface area is 175 Å². The number of hydrogen-bond donors (Lipinski definition) is 1. The Bertz CT molecular complexity index is 1040. The van der Waals surface area contributed by atoms with Crippen molar-refractivity contribution in [3.8, 4) is 29.1 Å². The summed E-state index contributed by atoms with van der Waals surface area (Å²) in [5.74, 6) is 2.26. The average molecular weight is 401 g/mol. The van der Waals surface area contributed by atoms with Crippen LogP contribution in [0, 0.1) is 11.3 Å². The van der Waals surface area contributed by atoms with Crippen molar-refractivity contribution in [2.24, 2.45) is 5.73 Å². The molecule has 1 saturated heterocycles. The fraction of sp³-hybridized carbons (Fsp3) is 0.318. The van der Waals surface area contributed by atoms with Crippen LogP contribution in [-0.4, -0.2) is 39.6 Å². The van der Waals surface area contributed by atoms with Crippen molar-refractivity contribution in [2.75, 3.05) is 24.5 Å². The van der Waals surface area contributed by atoms with Crippen molar-refractivity contribution >= 4 is 5.82 Å². The maximum atomic E-state index is 9.32. The van der Waals surface area contributed by atoms with E-state index < -0.39 is 0 Å². The van der Waals surface area contributed by atoms with Gasteiger partial charge in [0.2, 0.25) is 5.88 Å². The highest BCUT2D eigenvalue weighted by atomic mass is 16.5. The van der Waals surface area contributed by atoms with E-state index in [2.05, 4.69) is 30.9 Å². The second kappa shape index (κ2) is 9.29. The lowest BCUT2D eigenvalue weighted by molar-refractivity contribution is 0.461. The van der Waals surface area contributed by atoms with Crippen LogP contribution in [0.4, 0.5) is 5.82 Å². The zero-order valence-electron chi connectivity index (χ0n) is 16.7. The molecule has 3 heterocycles. The molecule has 152 valence electrons. The van der Waals surface area contributed by atoms with Crippen LogP contribution >= 0.6 is 0 Å². The lowest BCUT2D eigenvalue weighted by Gasteiger charge is -2.27. The van der Waals surface area contributed by atoms with E-state index >= 15 is 0 Å². The van der Waals surface area contributed by atoms with Crippen LogP contribution < -0.4 is 15.4 Å². The molecule has 2 N–H and O–H groups in total. The van der Waals surface area contributed by atoms with E-state index in [1.807, 2.05) is 6.07 Å². The summed E-state index contributed by atoms with van der Waals surface area (Å²) in [5, 5.41) is 9.32. The van der Waals surface area contributed by atoms with Crippen molar-refractivity contribution in [1.82, 2.24) is 19.9 Å². The molecule has 4 rings (SSSR count). The van der Waals surface area contributed by atoms with Gasteiger partial charge >= 0.3 is 0 Å². The highest BCUT2D eigenvalue weighted by Gasteiger charge is 2.16. The van der Waals surface area contributed by atoms with Crippen molar-refractivity contribution < 1.29 is 4.74 Å². The summed E-state index contributed by atoms with van der Waals surface area (Å²) in [6, 6.07) is 9.16. The molecule has 1 aliphatic heterocycles. The molecule has 1 fully saturated rings. The lowest BCUT2D eigenvalue weighted by atomic mass is 10.1. The zero-order valence-corrected chi connectivity index (χ0v) is 16.7. The Kier molecular flexibility index (Phi) is 6.11. The summed E-state index contributed by atoms with van der Waals surface area (Å²) in [6.07, 6.45) is 9.31. The molecule has 8 nitrogen and oxygen atoms in total. The van der Waals surface area contributed by atoms with Gasteiger partial charge in [0, 0.05) is 31.5 Å². The van der Waals surface area contributed by atoms with Crippen molar-refractivity contribution in [3.05, 3.63) is 54.1 Å². The fourth-order valence-corrected chi connectivity index (χ4v) is 3.44. The first kappa shape index (κ1) is 19.7. The van der Waals surface area contributed by atoms with Gasteiger partial charge in [-0.25, -0.2) is 19.9 Å². The summed E-state index contributed by atoms with van der Waals surface area (Å²) in [6.45, 7) is 2.50. The minimum Gasteiger partial charge on any atom is -0.438 e. The molecular formula is C22H23N7O. The van der Waals surface area contributed by atoms with E-state index in [1.165, 1.54) is 12.7 Å². The standard InChI is InChI=1S/C22H23N7O/c23-7-6-17-13-25-22(26-14-17)18-5-4-16(12-24)10-19(18)30-21-11-20(27-15-28-21)29-8-2-1-3-9-29/h4-5,10-11,13-15H,1-3,6-9,23H2. The lowest BCUT2D eigenvalue weighted by Crippen LogP contribution is -2.30. The van der Waals surface area contributed by atoms with Crippen LogP contribution in [0.15, 0.2) is 43.0 Å². The highest BCUT2D eigenvalue weighted by Crippen LogP contribution is 2.32. The van der Waals surface area contributed by atoms with E-state index in [1.54, 1.807) is 30.6 Å². The van der Waals surface area contributed by atoms with Crippen molar-refractivity contribution in [1.29, 1.82) is 5.26 Å². The van der Waals surface area contributed by atoms with Crippen LogP contribution in [0.5, 0.6) is 11.6 Å². The van der Waals surface area contributed by atoms with Gasteiger partial charge in [0.25, 0.3) is 0 Å². The summed E-state index contributed by atoms with van der Waals surface area (Å²) in [5.41, 5.74) is 7.74. The number of hydrogen-bond acceptors (Lipinski definition) is 8. The Morgan fingerprint density at radius 1 is 1.03 bits per heavy atom. The molecule has 0 bridgehead atoms. The molecule has 30 heavy (non-hydrogen) atoms. The molecule has 0 atom stereocenters. The molecular weight excluding hydrogens is 378 g/mol. The van der Waals surface area contributed by atoms with Gasteiger partial charge in [-0.2, -0.15) is 5.26 Å². The van der Waals surface area contributed by atoms with Gasteiger partial charge in [-0.1, -0.05) is 0 Å². The number of piperidine rings is 1. The van der Waals surface area contributed by atoms with E-state index in [0.717, 1.165) is 43.7 Å². The number of aromatic nitrogens is 4. The van der Waals surface area contributed by atoms with Gasteiger partial charge in [0.1, 0.15) is 17.9 Å². The van der Waals surface area contributed by atoms with Gasteiger partial charge in [0.15, 0.2) is 5.82 Å². The minimum absolute atomic E-state index is 0.418. The number of ether oxygens (including phenoxy) is 1. The molecule has 0 aliphatic carbocycles. The van der Waals surface area contributed by atoms with Crippen LogP contribution in [0.1, 0.15) is 30.4 Å². The molecule has 0 unspecified atom stereocenters. The Hall–Kier alpha value is -3.57. The average Bonchev–Trinajstić information content (AvgIpc) is 2.81. The highest BCUT2D eigenvalue weighted by molar-refractivity contribution is 5.66. The van der Waals surface area contributed by atoms with Gasteiger partial charge < -0.3 is 15.4 Å². The molecule has 1 aliphatic rings. The SMILES string of the molecule is N#Cc1ccc(-c2ncc(CCN)cn2)c(Oc2cc(N3CCCCC3)ncn2)c1. The normalized spacial score (nSPS) is 13.7. The van der Waals surface area contributed by atoms with Crippen LogP contribution in [-0.2, 0) is 6.42 Å². The summed E-state index contributed by atoms with van der Waals surface area (Å²) >= 11 is 0. The second-order valence-corrected chi connectivity index (χ2v) is 7.14. The first-order valence-electron chi connectivity index (χ1n) is 10.1. The smallest absolute Gasteiger partial charge is 0.224 e. The van der Waals surface area contributed by atoms with Crippen molar-refractivity contribution in [3.63, 3.8) is 0 Å². The third-order valence-electron chi connectivity index (χ3n) is 5.01. The quantitative estimate of drug-likeness (QED) is 0.670. The predicted molar refractivity (Wildman–Crippen MR) is 113 cm³/mol. The fourth-order valence-electron chi connectivity index (χ4n) is 3.44. The maximum Gasteiger partial charge on any atom is 0.224 e. The topological polar surface area (TPSA) is 114 Å². The second-order valence-electron chi connectivity index (χ2n) is 7.14. The summed E-state index contributed by atoms with van der Waals surface area (Å²) < 4.78 is 6.09. The molecule has 0 radical (unpaired) electrons. The largest absolute Gasteiger partial charge is 0.438 e. The van der Waals surface area contributed by atoms with E-state index in [9.17, 15) is 5.26 Å². The van der Waals surface area contributed by atoms with Gasteiger partial charge in [0.05, 0.1) is 17.2 Å². The first-order valence-corrected chi connectivity index (χ1v) is 10.1. The molecule has 3 aromatic rings. The van der Waals surface area contributed by atoms with Gasteiger partial charge in [-0.15, -0.1) is 0 Å². The number of benzene rings is 1. The number of rotatable bonds is 6. The molecule has 8 heteroatoms. The zero-order chi connectivity index (χ0) is 20.8. The van der Waals surface area contributed by atoms with Crippen molar-refractivity contribution in [2.45, 2.75) is 25.7 Å². The third kappa shape index (κ3) is 4.53. The van der Waals surface area contributed by atoms with E-state index in [4.69, 9.17) is 10.5 Å². The Balaban J connectivity index is 1.64. The minimum atomic E-state index is 0.418. The number of nitrogens with zero attached hydrogens (tertiary/aromatic N) is 6. The maximum absolute atomic E-state index is 9.32. The number of nitrogens with two attached hydrogens (primary N) is 1. The first-order chi connectivity index (χ1) is 14.8. The predicted octanol–water partition coefficient (Wildman–Crippen LogP) is 3.09. The van der Waals surface area contributed by atoms with Gasteiger partial charge in [-0.3, -0.25) is 0 Å². The molecule has 1 aromatic carbocycles. The summed E-state index contributed by atoms with van der Waals surface area (Å²) in [4.78, 5) is 19.8.